The highest BCUT2D eigenvalue weighted by Gasteiger charge is 2.38. The van der Waals surface area contributed by atoms with Crippen LogP contribution in [0.15, 0.2) is 42.6 Å². The zero-order valence-corrected chi connectivity index (χ0v) is 23.4. The number of hydrogen-bond donors (Lipinski definition) is 2. The molecular formula is C26H29ClF3N6O2P. The lowest BCUT2D eigenvalue weighted by Gasteiger charge is -2.46. The van der Waals surface area contributed by atoms with E-state index in [1.165, 1.54) is 11.1 Å². The molecule has 2 aliphatic heterocycles. The number of halogens is 4. The number of alkyl halides is 3. The summed E-state index contributed by atoms with van der Waals surface area (Å²) in [6.45, 7) is 5.85. The molecule has 0 unspecified atom stereocenters. The van der Waals surface area contributed by atoms with E-state index in [4.69, 9.17) is 16.3 Å². The predicted molar refractivity (Wildman–Crippen MR) is 149 cm³/mol. The van der Waals surface area contributed by atoms with Crippen LogP contribution in [-0.2, 0) is 4.57 Å². The van der Waals surface area contributed by atoms with Crippen molar-refractivity contribution in [2.75, 3.05) is 61.6 Å². The van der Waals surface area contributed by atoms with E-state index < -0.39 is 19.9 Å². The number of aromatic nitrogens is 2. The van der Waals surface area contributed by atoms with Gasteiger partial charge in [-0.05, 0) is 44.0 Å². The van der Waals surface area contributed by atoms with Gasteiger partial charge in [0.25, 0.3) is 0 Å². The van der Waals surface area contributed by atoms with Crippen LogP contribution in [0.3, 0.4) is 0 Å². The molecule has 2 aliphatic rings. The molecule has 8 nitrogen and oxygen atoms in total. The number of aryl methyl sites for hydroxylation is 1. The van der Waals surface area contributed by atoms with E-state index >= 15 is 0 Å². The standard InChI is InChI=1S/C26H29ClF3N6O2P/c1-16-10-17(11-21-23(16)36-9-8-35(15-26(28,29)30)13-18(36)14-38-21)32-25-31-12-19(27)24(34-25)33-20-6-4-5-7-22(20)39(2,3)37/h4-7,10-12,18H,8-9,13-15H2,1-3H3,(H2,31,32,33,34)/t18-/m0/s1. The fourth-order valence-electron chi connectivity index (χ4n) is 5.06. The fourth-order valence-corrected chi connectivity index (χ4v) is 6.35. The van der Waals surface area contributed by atoms with Crippen LogP contribution in [0.4, 0.5) is 42.0 Å². The molecule has 3 heterocycles. The van der Waals surface area contributed by atoms with Gasteiger partial charge in [0.1, 0.15) is 24.5 Å². The molecule has 0 spiro atoms. The number of hydrogen-bond acceptors (Lipinski definition) is 8. The lowest BCUT2D eigenvalue weighted by Crippen LogP contribution is -2.58. The summed E-state index contributed by atoms with van der Waals surface area (Å²) in [5.41, 5.74) is 3.16. The normalized spacial score (nSPS) is 17.7. The molecule has 2 N–H and O–H groups in total. The number of rotatable bonds is 6. The van der Waals surface area contributed by atoms with Gasteiger partial charge in [-0.1, -0.05) is 23.7 Å². The van der Waals surface area contributed by atoms with Crippen molar-refractivity contribution in [3.05, 3.63) is 53.2 Å². The number of para-hydroxylation sites is 1. The van der Waals surface area contributed by atoms with Gasteiger partial charge in [-0.2, -0.15) is 18.2 Å². The number of benzene rings is 2. The SMILES string of the molecule is Cc1cc(Nc2ncc(Cl)c(Nc3ccccc3P(C)(C)=O)n2)cc2c1N1CCN(CC(F)(F)F)C[C@H]1CO2. The van der Waals surface area contributed by atoms with Crippen molar-refractivity contribution < 1.29 is 22.5 Å². The van der Waals surface area contributed by atoms with E-state index in [2.05, 4.69) is 25.5 Å². The summed E-state index contributed by atoms with van der Waals surface area (Å²) in [4.78, 5) is 12.4. The van der Waals surface area contributed by atoms with Gasteiger partial charge in [0.15, 0.2) is 5.82 Å². The zero-order valence-electron chi connectivity index (χ0n) is 21.7. The Bertz CT molecular complexity index is 1430. The van der Waals surface area contributed by atoms with Gasteiger partial charge in [-0.3, -0.25) is 4.90 Å². The summed E-state index contributed by atoms with van der Waals surface area (Å²) < 4.78 is 57.4. The van der Waals surface area contributed by atoms with Gasteiger partial charge in [0.05, 0.1) is 30.2 Å². The van der Waals surface area contributed by atoms with Crippen LogP contribution in [0.25, 0.3) is 0 Å². The molecule has 1 atom stereocenters. The van der Waals surface area contributed by atoms with Gasteiger partial charge in [-0.15, -0.1) is 0 Å². The second kappa shape index (κ2) is 10.5. The summed E-state index contributed by atoms with van der Waals surface area (Å²) in [6, 6.07) is 10.9. The summed E-state index contributed by atoms with van der Waals surface area (Å²) >= 11 is 6.37. The molecule has 208 valence electrons. The van der Waals surface area contributed by atoms with Crippen LogP contribution < -0.4 is 25.6 Å². The number of nitrogens with one attached hydrogen (secondary N) is 2. The van der Waals surface area contributed by atoms with Crippen LogP contribution >= 0.6 is 18.7 Å². The van der Waals surface area contributed by atoms with E-state index in [0.29, 0.717) is 65.5 Å². The van der Waals surface area contributed by atoms with Crippen molar-refractivity contribution in [3.8, 4) is 5.75 Å². The molecule has 1 aromatic heterocycles. The predicted octanol–water partition coefficient (Wildman–Crippen LogP) is 5.62. The van der Waals surface area contributed by atoms with Crippen LogP contribution in [-0.4, -0.2) is 73.2 Å². The summed E-state index contributed by atoms with van der Waals surface area (Å²) in [6.07, 6.45) is -2.74. The highest BCUT2D eigenvalue weighted by Crippen LogP contribution is 2.41. The zero-order chi connectivity index (χ0) is 27.9. The van der Waals surface area contributed by atoms with E-state index in [9.17, 15) is 17.7 Å². The summed E-state index contributed by atoms with van der Waals surface area (Å²) in [7, 11) is -2.55. The van der Waals surface area contributed by atoms with Gasteiger partial charge < -0.3 is 24.8 Å². The average Bonchev–Trinajstić information content (AvgIpc) is 2.84. The molecular weight excluding hydrogens is 552 g/mol. The second-order valence-electron chi connectivity index (χ2n) is 10.2. The molecule has 39 heavy (non-hydrogen) atoms. The quantitative estimate of drug-likeness (QED) is 0.364. The fraction of sp³-hybridized carbons (Fsp3) is 0.385. The Hall–Kier alpha value is -3.01. The molecule has 1 saturated heterocycles. The van der Waals surface area contributed by atoms with Crippen molar-refractivity contribution in [3.63, 3.8) is 0 Å². The van der Waals surface area contributed by atoms with E-state index in [-0.39, 0.29) is 6.04 Å². The third kappa shape index (κ3) is 6.26. The third-order valence-electron chi connectivity index (χ3n) is 6.69. The van der Waals surface area contributed by atoms with E-state index in [1.807, 2.05) is 43.3 Å². The first kappa shape index (κ1) is 27.6. The lowest BCUT2D eigenvalue weighted by atomic mass is 10.0. The number of piperazine rings is 1. The Balaban J connectivity index is 1.35. The largest absolute Gasteiger partial charge is 0.489 e. The first-order valence-corrected chi connectivity index (χ1v) is 15.4. The Morgan fingerprint density at radius 1 is 1.18 bits per heavy atom. The van der Waals surface area contributed by atoms with Crippen molar-refractivity contribution in [1.29, 1.82) is 0 Å². The van der Waals surface area contributed by atoms with E-state index in [1.54, 1.807) is 13.3 Å². The average molecular weight is 581 g/mol. The number of nitrogens with zero attached hydrogens (tertiary/aromatic N) is 4. The van der Waals surface area contributed by atoms with Crippen molar-refractivity contribution in [2.24, 2.45) is 0 Å². The molecule has 1 fully saturated rings. The minimum Gasteiger partial charge on any atom is -0.489 e. The minimum absolute atomic E-state index is 0.149. The summed E-state index contributed by atoms with van der Waals surface area (Å²) in [5.74, 6) is 1.31. The number of anilines is 5. The lowest BCUT2D eigenvalue weighted by molar-refractivity contribution is -0.147. The van der Waals surface area contributed by atoms with Crippen LogP contribution in [0, 0.1) is 6.92 Å². The van der Waals surface area contributed by atoms with E-state index in [0.717, 1.165) is 11.3 Å². The van der Waals surface area contributed by atoms with Crippen molar-refractivity contribution in [1.82, 2.24) is 14.9 Å². The molecule has 0 aliphatic carbocycles. The van der Waals surface area contributed by atoms with Crippen LogP contribution in [0.5, 0.6) is 5.75 Å². The molecule has 13 heteroatoms. The van der Waals surface area contributed by atoms with Crippen LogP contribution in [0.2, 0.25) is 5.02 Å². The third-order valence-corrected chi connectivity index (χ3v) is 8.52. The minimum atomic E-state index is -4.22. The highest BCUT2D eigenvalue weighted by molar-refractivity contribution is 7.70. The maximum Gasteiger partial charge on any atom is 0.401 e. The summed E-state index contributed by atoms with van der Waals surface area (Å²) in [5, 5.41) is 7.37. The highest BCUT2D eigenvalue weighted by atomic mass is 35.5. The van der Waals surface area contributed by atoms with Gasteiger partial charge in [-0.25, -0.2) is 4.98 Å². The molecule has 3 aromatic rings. The van der Waals surface area contributed by atoms with Gasteiger partial charge in [0.2, 0.25) is 5.95 Å². The van der Waals surface area contributed by atoms with Gasteiger partial charge >= 0.3 is 6.18 Å². The Morgan fingerprint density at radius 2 is 1.95 bits per heavy atom. The monoisotopic (exact) mass is 580 g/mol. The molecule has 0 saturated carbocycles. The number of fused-ring (bicyclic) bond motifs is 3. The number of ether oxygens (including phenoxy) is 1. The Morgan fingerprint density at radius 3 is 2.69 bits per heavy atom. The Labute approximate surface area is 229 Å². The molecule has 0 radical (unpaired) electrons. The second-order valence-corrected chi connectivity index (χ2v) is 13.7. The molecule has 0 amide bonds. The maximum absolute atomic E-state index is 12.9. The first-order chi connectivity index (χ1) is 18.4. The molecule has 0 bridgehead atoms. The van der Waals surface area contributed by atoms with Crippen molar-refractivity contribution in [2.45, 2.75) is 19.1 Å². The first-order valence-electron chi connectivity index (χ1n) is 12.4. The maximum atomic E-state index is 12.9. The topological polar surface area (TPSA) is 82.6 Å². The molecule has 2 aromatic carbocycles. The van der Waals surface area contributed by atoms with Crippen LogP contribution in [0.1, 0.15) is 5.56 Å². The van der Waals surface area contributed by atoms with Gasteiger partial charge in [0, 0.05) is 36.7 Å². The van der Waals surface area contributed by atoms with Crippen molar-refractivity contribution >= 4 is 52.9 Å². The Kier molecular flexibility index (Phi) is 7.43. The molecule has 5 rings (SSSR count). The smallest absolute Gasteiger partial charge is 0.401 e.